The molecule has 0 amide bonds. The molecule has 0 saturated carbocycles. The second-order valence-electron chi connectivity index (χ2n) is 5.17. The van der Waals surface area contributed by atoms with E-state index in [1.54, 1.807) is 13.1 Å². The monoisotopic (exact) mass is 291 g/mol. The van der Waals surface area contributed by atoms with Crippen LogP contribution >= 0.6 is 0 Å². The molecule has 114 valence electrons. The van der Waals surface area contributed by atoms with Gasteiger partial charge in [0.2, 0.25) is 0 Å². The minimum Gasteiger partial charge on any atom is -0.406 e. The molecule has 0 bridgehead atoms. The number of Topliss-reactive ketones (excluding diaryl/α,β-unsaturated/α-hetero) is 1. The van der Waals surface area contributed by atoms with Crippen LogP contribution in [0.15, 0.2) is 21.5 Å². The summed E-state index contributed by atoms with van der Waals surface area (Å²) in [7, 11) is 1.59. The number of aryl methyl sites for hydroxylation is 1. The molecule has 0 fully saturated rings. The van der Waals surface area contributed by atoms with Crippen molar-refractivity contribution in [3.05, 3.63) is 28.4 Å². The number of ketones is 1. The molecule has 2 rings (SSSR count). The summed E-state index contributed by atoms with van der Waals surface area (Å²) in [6.45, 7) is 6.36. The normalized spacial score (nSPS) is 11.4. The Bertz CT molecular complexity index is 681. The van der Waals surface area contributed by atoms with Crippen molar-refractivity contribution < 1.29 is 9.21 Å². The summed E-state index contributed by atoms with van der Waals surface area (Å²) in [6.07, 6.45) is 3.53. The molecule has 0 radical (unpaired) electrons. The van der Waals surface area contributed by atoms with Crippen LogP contribution in [-0.4, -0.2) is 39.9 Å². The third kappa shape index (κ3) is 3.39. The van der Waals surface area contributed by atoms with Crippen molar-refractivity contribution >= 4 is 17.0 Å². The lowest BCUT2D eigenvalue weighted by Gasteiger charge is -2.19. The van der Waals surface area contributed by atoms with Gasteiger partial charge in [0.25, 0.3) is 0 Å². The first-order chi connectivity index (χ1) is 10.1. The number of rotatable bonds is 7. The highest BCUT2D eigenvalue weighted by atomic mass is 16.4. The molecule has 0 saturated heterocycles. The third-order valence-corrected chi connectivity index (χ3v) is 3.39. The lowest BCUT2D eigenvalue weighted by molar-refractivity contribution is 0.0930. The van der Waals surface area contributed by atoms with Gasteiger partial charge in [-0.1, -0.05) is 13.8 Å². The Labute approximate surface area is 123 Å². The number of aromatic nitrogens is 2. The highest BCUT2D eigenvalue weighted by Crippen LogP contribution is 2.12. The van der Waals surface area contributed by atoms with Crippen molar-refractivity contribution in [3.63, 3.8) is 0 Å². The Morgan fingerprint density at radius 3 is 2.62 bits per heavy atom. The summed E-state index contributed by atoms with van der Waals surface area (Å²) in [4.78, 5) is 30.0. The molecule has 0 spiro atoms. The predicted molar refractivity (Wildman–Crippen MR) is 80.6 cm³/mol. The van der Waals surface area contributed by atoms with Gasteiger partial charge in [-0.2, -0.15) is 0 Å². The molecule has 0 atom stereocenters. The highest BCUT2D eigenvalue weighted by molar-refractivity contribution is 5.99. The van der Waals surface area contributed by atoms with E-state index in [0.717, 1.165) is 25.9 Å². The summed E-state index contributed by atoms with van der Waals surface area (Å²) in [5.74, 6) is -0.474. The van der Waals surface area contributed by atoms with E-state index >= 15 is 0 Å². The molecule has 0 aliphatic carbocycles. The number of fused-ring (bicyclic) bond motifs is 1. The van der Waals surface area contributed by atoms with Crippen LogP contribution in [0.5, 0.6) is 0 Å². The van der Waals surface area contributed by atoms with Crippen molar-refractivity contribution in [2.24, 2.45) is 7.05 Å². The van der Waals surface area contributed by atoms with Gasteiger partial charge < -0.3 is 4.42 Å². The zero-order valence-electron chi connectivity index (χ0n) is 12.8. The van der Waals surface area contributed by atoms with Crippen LogP contribution in [0, 0.1) is 0 Å². The van der Waals surface area contributed by atoms with Crippen LogP contribution in [0.4, 0.5) is 0 Å². The zero-order valence-corrected chi connectivity index (χ0v) is 12.8. The van der Waals surface area contributed by atoms with Gasteiger partial charge in [0.1, 0.15) is 0 Å². The van der Waals surface area contributed by atoms with E-state index in [1.165, 1.54) is 10.8 Å². The Hall–Kier alpha value is -1.95. The Morgan fingerprint density at radius 2 is 2.00 bits per heavy atom. The number of oxazole rings is 1. The molecule has 21 heavy (non-hydrogen) atoms. The summed E-state index contributed by atoms with van der Waals surface area (Å²) in [5.41, 5.74) is 1.29. The summed E-state index contributed by atoms with van der Waals surface area (Å²) < 4.78 is 6.39. The average molecular weight is 291 g/mol. The van der Waals surface area contributed by atoms with Crippen LogP contribution in [0.3, 0.4) is 0 Å². The number of carbonyl (C=O) groups is 1. The van der Waals surface area contributed by atoms with E-state index in [2.05, 4.69) is 23.7 Å². The molecule has 2 aromatic rings. The predicted octanol–water partition coefficient (Wildman–Crippen LogP) is 1.83. The second-order valence-corrected chi connectivity index (χ2v) is 5.17. The smallest absolute Gasteiger partial charge is 0.406 e. The Morgan fingerprint density at radius 1 is 1.33 bits per heavy atom. The summed E-state index contributed by atoms with van der Waals surface area (Å²) >= 11 is 0. The first kappa shape index (κ1) is 15.4. The van der Waals surface area contributed by atoms with Crippen molar-refractivity contribution in [1.82, 2.24) is 14.5 Å². The number of nitrogens with zero attached hydrogens (tertiary/aromatic N) is 3. The van der Waals surface area contributed by atoms with E-state index in [1.807, 2.05) is 0 Å². The second kappa shape index (κ2) is 6.67. The minimum atomic E-state index is -0.472. The van der Waals surface area contributed by atoms with E-state index < -0.39 is 5.76 Å². The quantitative estimate of drug-likeness (QED) is 0.728. The zero-order chi connectivity index (χ0) is 15.4. The van der Waals surface area contributed by atoms with Crippen molar-refractivity contribution in [3.8, 4) is 0 Å². The van der Waals surface area contributed by atoms with Crippen LogP contribution in [0.1, 0.15) is 37.0 Å². The highest BCUT2D eigenvalue weighted by Gasteiger charge is 2.15. The number of hydrogen-bond acceptors (Lipinski definition) is 5. The van der Waals surface area contributed by atoms with E-state index in [0.29, 0.717) is 23.3 Å². The van der Waals surface area contributed by atoms with Gasteiger partial charge in [-0.25, -0.2) is 9.78 Å². The number of hydrogen-bond donors (Lipinski definition) is 0. The molecule has 6 nitrogen and oxygen atoms in total. The topological polar surface area (TPSA) is 68.3 Å². The summed E-state index contributed by atoms with van der Waals surface area (Å²) in [6, 6.07) is 1.60. The maximum atomic E-state index is 12.3. The molecular formula is C15H21N3O3. The molecule has 6 heteroatoms. The molecule has 0 unspecified atom stereocenters. The third-order valence-electron chi connectivity index (χ3n) is 3.39. The van der Waals surface area contributed by atoms with Crippen molar-refractivity contribution in [2.75, 3.05) is 19.6 Å². The number of carbonyl (C=O) groups excluding carboxylic acids is 1. The SMILES string of the molecule is CCCN(CCC)CC(=O)c1cnc2c(c1)oc(=O)n2C. The molecule has 0 N–H and O–H groups in total. The fourth-order valence-corrected chi connectivity index (χ4v) is 2.36. The Kier molecular flexibility index (Phi) is 4.90. The molecule has 0 aliphatic heterocycles. The van der Waals surface area contributed by atoms with Crippen molar-refractivity contribution in [1.29, 1.82) is 0 Å². The number of pyridine rings is 1. The lowest BCUT2D eigenvalue weighted by atomic mass is 10.1. The van der Waals surface area contributed by atoms with Crippen molar-refractivity contribution in [2.45, 2.75) is 26.7 Å². The molecule has 0 aromatic carbocycles. The molecule has 2 heterocycles. The minimum absolute atomic E-state index is 0.00204. The maximum absolute atomic E-state index is 12.3. The standard InChI is InChI=1S/C15H21N3O3/c1-4-6-18(7-5-2)10-12(19)11-8-13-14(16-9-11)17(3)15(20)21-13/h8-9H,4-7,10H2,1-3H3. The van der Waals surface area contributed by atoms with Gasteiger partial charge in [0, 0.05) is 18.8 Å². The molecule has 2 aromatic heterocycles. The van der Waals surface area contributed by atoms with Crippen LogP contribution in [0.25, 0.3) is 11.2 Å². The lowest BCUT2D eigenvalue weighted by Crippen LogP contribution is -2.31. The van der Waals surface area contributed by atoms with E-state index in [-0.39, 0.29) is 5.78 Å². The molecule has 0 aliphatic rings. The average Bonchev–Trinajstić information content (AvgIpc) is 2.74. The van der Waals surface area contributed by atoms with Crippen LogP contribution < -0.4 is 5.76 Å². The first-order valence-electron chi connectivity index (χ1n) is 7.28. The van der Waals surface area contributed by atoms with Gasteiger partial charge in [-0.3, -0.25) is 14.3 Å². The van der Waals surface area contributed by atoms with E-state index in [4.69, 9.17) is 4.42 Å². The van der Waals surface area contributed by atoms with Crippen LogP contribution in [-0.2, 0) is 7.05 Å². The first-order valence-corrected chi connectivity index (χ1v) is 7.28. The maximum Gasteiger partial charge on any atom is 0.420 e. The van der Waals surface area contributed by atoms with Gasteiger partial charge in [-0.15, -0.1) is 0 Å². The van der Waals surface area contributed by atoms with Gasteiger partial charge in [-0.05, 0) is 32.0 Å². The largest absolute Gasteiger partial charge is 0.420 e. The van der Waals surface area contributed by atoms with Gasteiger partial charge in [0.05, 0.1) is 6.54 Å². The van der Waals surface area contributed by atoms with Crippen LogP contribution in [0.2, 0.25) is 0 Å². The summed E-state index contributed by atoms with van der Waals surface area (Å²) in [5, 5.41) is 0. The van der Waals surface area contributed by atoms with Gasteiger partial charge in [0.15, 0.2) is 17.0 Å². The fourth-order valence-electron chi connectivity index (χ4n) is 2.36. The fraction of sp³-hybridized carbons (Fsp3) is 0.533. The Balaban J connectivity index is 2.20. The van der Waals surface area contributed by atoms with E-state index in [9.17, 15) is 9.59 Å². The van der Waals surface area contributed by atoms with Gasteiger partial charge >= 0.3 is 5.76 Å². The molecular weight excluding hydrogens is 270 g/mol.